The Labute approximate surface area is 114 Å². The van der Waals surface area contributed by atoms with Gasteiger partial charge in [-0.15, -0.1) is 0 Å². The average molecular weight is 288 g/mol. The molecule has 0 atom stereocenters. The quantitative estimate of drug-likeness (QED) is 0.658. The molecule has 0 heterocycles. The van der Waals surface area contributed by atoms with Crippen molar-refractivity contribution in [2.24, 2.45) is 0 Å². The number of hydrogen-bond acceptors (Lipinski definition) is 0. The van der Waals surface area contributed by atoms with Gasteiger partial charge >= 0.3 is 35.6 Å². The summed E-state index contributed by atoms with van der Waals surface area (Å²) in [6.45, 7) is 4.19. The van der Waals surface area contributed by atoms with Crippen molar-refractivity contribution >= 4 is 18.6 Å². The Kier molecular flexibility index (Phi) is 6.45. The van der Waals surface area contributed by atoms with Gasteiger partial charge in [0.05, 0.1) is 0 Å². The first-order valence-corrected chi connectivity index (χ1v) is 9.29. The molecule has 3 heteroatoms. The molecule has 0 N–H and O–H groups in total. The summed E-state index contributed by atoms with van der Waals surface area (Å²) in [5.41, 5.74) is 3.83. The maximum absolute atomic E-state index is 4.89. The van der Waals surface area contributed by atoms with Gasteiger partial charge in [0.2, 0.25) is 0 Å². The number of aryl methyl sites for hydroxylation is 2. The van der Waals surface area contributed by atoms with E-state index in [1.165, 1.54) is 16.7 Å². The molecule has 0 spiro atoms. The van der Waals surface area contributed by atoms with E-state index in [0.29, 0.717) is 5.92 Å². The Bertz CT molecular complexity index is 365. The van der Waals surface area contributed by atoms with E-state index in [2.05, 4.69) is 56.4 Å². The van der Waals surface area contributed by atoms with E-state index in [1.54, 1.807) is 0 Å². The van der Waals surface area contributed by atoms with E-state index in [9.17, 15) is 0 Å². The molecule has 1 aliphatic rings. The van der Waals surface area contributed by atoms with Crippen LogP contribution in [0.3, 0.4) is 0 Å². The molecule has 83 valence electrons. The second-order valence-electron chi connectivity index (χ2n) is 3.65. The molecule has 0 bridgehead atoms. The molecule has 0 unspecified atom stereocenters. The van der Waals surface area contributed by atoms with E-state index in [1.807, 2.05) is 0 Å². The van der Waals surface area contributed by atoms with Crippen molar-refractivity contribution < 1.29 is 17.0 Å². The Hall–Kier alpha value is -0.00571. The molecule has 1 radical (unpaired) electrons. The van der Waals surface area contributed by atoms with Gasteiger partial charge in [-0.1, -0.05) is 36.4 Å². The summed E-state index contributed by atoms with van der Waals surface area (Å²) in [5.74, 6) is 0.479. The van der Waals surface area contributed by atoms with Crippen LogP contribution in [-0.2, 0) is 17.0 Å². The number of rotatable bonds is 1. The molecular weight excluding hydrogens is 275 g/mol. The van der Waals surface area contributed by atoms with E-state index >= 15 is 0 Å². The molecular formula is C13H13Cl2Ti. The zero-order chi connectivity index (χ0) is 12.0. The molecule has 2 rings (SSSR count). The number of halogens is 2. The third-order valence-electron chi connectivity index (χ3n) is 2.29. The van der Waals surface area contributed by atoms with E-state index < -0.39 is 17.0 Å². The molecule has 0 saturated heterocycles. The summed E-state index contributed by atoms with van der Waals surface area (Å²) in [7, 11) is 9.78. The summed E-state index contributed by atoms with van der Waals surface area (Å²) in [6, 6.07) is 7.70. The van der Waals surface area contributed by atoms with E-state index in [0.717, 1.165) is 0 Å². The van der Waals surface area contributed by atoms with Crippen LogP contribution in [0.25, 0.3) is 0 Å². The summed E-state index contributed by atoms with van der Waals surface area (Å²) < 4.78 is 0. The molecule has 0 aromatic heterocycles. The Morgan fingerprint density at radius 1 is 1.06 bits per heavy atom. The summed E-state index contributed by atoms with van der Waals surface area (Å²) >= 11 is -0.556. The molecule has 0 amide bonds. The fraction of sp³-hybridized carbons (Fsp3) is 0.231. The second-order valence-corrected chi connectivity index (χ2v) is 6.23. The van der Waals surface area contributed by atoms with Gasteiger partial charge in [-0.05, 0) is 36.6 Å². The van der Waals surface area contributed by atoms with Gasteiger partial charge < -0.3 is 0 Å². The molecule has 1 aromatic rings. The van der Waals surface area contributed by atoms with Gasteiger partial charge in [-0.25, -0.2) is 0 Å². The van der Waals surface area contributed by atoms with E-state index in [-0.39, 0.29) is 0 Å². The van der Waals surface area contributed by atoms with Crippen molar-refractivity contribution in [1.29, 1.82) is 0 Å². The van der Waals surface area contributed by atoms with Crippen LogP contribution in [-0.4, -0.2) is 0 Å². The molecule has 0 aliphatic heterocycles. The monoisotopic (exact) mass is 287 g/mol. The predicted molar refractivity (Wildman–Crippen MR) is 67.5 cm³/mol. The first-order valence-electron chi connectivity index (χ1n) is 4.99. The van der Waals surface area contributed by atoms with Gasteiger partial charge in [0, 0.05) is 5.92 Å². The first-order chi connectivity index (χ1) is 7.67. The predicted octanol–water partition coefficient (Wildman–Crippen LogP) is 4.69. The standard InChI is InChI=1S/C13H13.2ClH.Ti/c1-10-7-11(2)9-13(8-10)12-5-3-4-6-12;;;/h3-6,8-9,12H,1-2H3;2*1H;/q;;;+2/p-2. The molecule has 1 aliphatic carbocycles. The summed E-state index contributed by atoms with van der Waals surface area (Å²) in [5, 5.41) is 0. The van der Waals surface area contributed by atoms with Crippen molar-refractivity contribution in [3.8, 4) is 0 Å². The first kappa shape index (κ1) is 14.1. The van der Waals surface area contributed by atoms with Crippen LogP contribution in [0.15, 0.2) is 36.4 Å². The van der Waals surface area contributed by atoms with Gasteiger partial charge in [0.25, 0.3) is 0 Å². The Morgan fingerprint density at radius 3 is 1.94 bits per heavy atom. The molecule has 1 aromatic carbocycles. The van der Waals surface area contributed by atoms with Crippen LogP contribution in [0.4, 0.5) is 0 Å². The summed E-state index contributed by atoms with van der Waals surface area (Å²) in [6.07, 6.45) is 8.64. The van der Waals surface area contributed by atoms with Crippen LogP contribution in [0.5, 0.6) is 0 Å². The minimum absolute atomic E-state index is 0.479. The zero-order valence-corrected chi connectivity index (χ0v) is 12.4. The number of benzene rings is 1. The van der Waals surface area contributed by atoms with Crippen LogP contribution >= 0.6 is 18.6 Å². The van der Waals surface area contributed by atoms with Gasteiger partial charge in [0.15, 0.2) is 0 Å². The van der Waals surface area contributed by atoms with Crippen LogP contribution in [0.2, 0.25) is 0 Å². The van der Waals surface area contributed by atoms with Crippen molar-refractivity contribution in [2.75, 3.05) is 0 Å². The fourth-order valence-corrected chi connectivity index (χ4v) is 1.77. The molecule has 0 saturated carbocycles. The average Bonchev–Trinajstić information content (AvgIpc) is 2.69. The second kappa shape index (κ2) is 7.35. The third kappa shape index (κ3) is 4.47. The summed E-state index contributed by atoms with van der Waals surface area (Å²) in [4.78, 5) is 0. The third-order valence-corrected chi connectivity index (χ3v) is 2.29. The maximum atomic E-state index is 4.89. The SMILES string of the molecule is Cc1[c]c(C)cc(C2C=CC=C2)c1.[Cl][Ti][Cl]. The Balaban J connectivity index is 0.000000386. The zero-order valence-electron chi connectivity index (χ0n) is 9.30. The minimum atomic E-state index is -0.556. The Morgan fingerprint density at radius 2 is 1.50 bits per heavy atom. The van der Waals surface area contributed by atoms with Crippen molar-refractivity contribution in [1.82, 2.24) is 0 Å². The van der Waals surface area contributed by atoms with Crippen molar-refractivity contribution in [2.45, 2.75) is 19.8 Å². The topological polar surface area (TPSA) is 0 Å². The molecule has 16 heavy (non-hydrogen) atoms. The van der Waals surface area contributed by atoms with E-state index in [4.69, 9.17) is 18.6 Å². The van der Waals surface area contributed by atoms with Crippen molar-refractivity contribution in [3.05, 3.63) is 59.2 Å². The van der Waals surface area contributed by atoms with Gasteiger partial charge in [-0.2, -0.15) is 0 Å². The number of allylic oxidation sites excluding steroid dienone is 4. The van der Waals surface area contributed by atoms with Crippen molar-refractivity contribution in [3.63, 3.8) is 0 Å². The van der Waals surface area contributed by atoms with Crippen LogP contribution in [0.1, 0.15) is 22.6 Å². The molecule has 0 nitrogen and oxygen atoms in total. The van der Waals surface area contributed by atoms with Gasteiger partial charge in [-0.3, -0.25) is 0 Å². The van der Waals surface area contributed by atoms with Crippen LogP contribution < -0.4 is 0 Å². The van der Waals surface area contributed by atoms with Crippen LogP contribution in [0, 0.1) is 19.9 Å². The normalized spacial score (nSPS) is 13.5. The molecule has 0 fully saturated rings. The fourth-order valence-electron chi connectivity index (χ4n) is 1.77. The van der Waals surface area contributed by atoms with Gasteiger partial charge in [0.1, 0.15) is 0 Å². The number of hydrogen-bond donors (Lipinski definition) is 0.